The largest absolute Gasteiger partial charge is 0.382 e. The van der Waals surface area contributed by atoms with Crippen LogP contribution in [-0.4, -0.2) is 21.0 Å². The Kier molecular flexibility index (Phi) is 4.93. The zero-order valence-electron chi connectivity index (χ0n) is 14.8. The van der Waals surface area contributed by atoms with Crippen molar-refractivity contribution in [3.63, 3.8) is 0 Å². The molecule has 0 bridgehead atoms. The first-order chi connectivity index (χ1) is 12.7. The Labute approximate surface area is 159 Å². The highest BCUT2D eigenvalue weighted by atomic mass is 35.5. The molecule has 4 nitrogen and oxygen atoms in total. The van der Waals surface area contributed by atoms with Gasteiger partial charge >= 0.3 is 0 Å². The monoisotopic (exact) mass is 365 g/mol. The number of hydrogen-bond donors (Lipinski definition) is 1. The van der Waals surface area contributed by atoms with E-state index in [2.05, 4.69) is 53.2 Å². The third-order valence-corrected chi connectivity index (χ3v) is 5.21. The molecule has 1 fully saturated rings. The molecule has 1 N–H and O–H groups in total. The average molecular weight is 366 g/mol. The first-order valence-electron chi connectivity index (χ1n) is 9.02. The van der Waals surface area contributed by atoms with Gasteiger partial charge < -0.3 is 5.32 Å². The number of nitrogens with one attached hydrogen (secondary N) is 1. The van der Waals surface area contributed by atoms with Gasteiger partial charge in [-0.25, -0.2) is 4.68 Å². The van der Waals surface area contributed by atoms with Crippen LogP contribution in [0.2, 0.25) is 5.02 Å². The van der Waals surface area contributed by atoms with Crippen molar-refractivity contribution in [2.75, 3.05) is 5.32 Å². The Hall–Kier alpha value is -2.33. The van der Waals surface area contributed by atoms with Crippen LogP contribution in [0.1, 0.15) is 25.3 Å². The van der Waals surface area contributed by atoms with Gasteiger partial charge in [0.25, 0.3) is 0 Å². The molecule has 26 heavy (non-hydrogen) atoms. The SMILES string of the molecule is CC1[CH]CCC1Nc1cccc(-c2cn(Cc3ccc(Cl)cc3)nn2)c1. The number of rotatable bonds is 5. The van der Waals surface area contributed by atoms with Crippen LogP contribution in [0.15, 0.2) is 54.7 Å². The Balaban J connectivity index is 1.48. The Morgan fingerprint density at radius 2 is 2.04 bits per heavy atom. The van der Waals surface area contributed by atoms with Crippen LogP contribution in [0.3, 0.4) is 0 Å². The van der Waals surface area contributed by atoms with Gasteiger partial charge in [-0.2, -0.15) is 0 Å². The summed E-state index contributed by atoms with van der Waals surface area (Å²) in [7, 11) is 0. The second-order valence-electron chi connectivity index (χ2n) is 6.93. The zero-order chi connectivity index (χ0) is 17.9. The molecule has 3 aromatic rings. The molecule has 0 spiro atoms. The van der Waals surface area contributed by atoms with Crippen LogP contribution in [-0.2, 0) is 6.54 Å². The highest BCUT2D eigenvalue weighted by Gasteiger charge is 2.23. The van der Waals surface area contributed by atoms with Crippen molar-refractivity contribution < 1.29 is 0 Å². The minimum Gasteiger partial charge on any atom is -0.382 e. The van der Waals surface area contributed by atoms with Gasteiger partial charge in [0, 0.05) is 22.3 Å². The minimum absolute atomic E-state index is 0.519. The Bertz CT molecular complexity index is 872. The first kappa shape index (κ1) is 17.1. The van der Waals surface area contributed by atoms with Gasteiger partial charge in [0.05, 0.1) is 12.7 Å². The summed E-state index contributed by atoms with van der Waals surface area (Å²) in [5.74, 6) is 0.610. The molecule has 133 valence electrons. The van der Waals surface area contributed by atoms with Crippen molar-refractivity contribution in [3.8, 4) is 11.3 Å². The van der Waals surface area contributed by atoms with Crippen LogP contribution in [0.4, 0.5) is 5.69 Å². The summed E-state index contributed by atoms with van der Waals surface area (Å²) in [5, 5.41) is 13.0. The maximum Gasteiger partial charge on any atom is 0.113 e. The highest BCUT2D eigenvalue weighted by Crippen LogP contribution is 2.28. The summed E-state index contributed by atoms with van der Waals surface area (Å²) in [6.45, 7) is 2.95. The third-order valence-electron chi connectivity index (χ3n) is 4.96. The fourth-order valence-corrected chi connectivity index (χ4v) is 3.56. The van der Waals surface area contributed by atoms with Crippen LogP contribution >= 0.6 is 11.6 Å². The van der Waals surface area contributed by atoms with E-state index in [1.165, 1.54) is 12.8 Å². The molecule has 1 aliphatic rings. The summed E-state index contributed by atoms with van der Waals surface area (Å²) in [4.78, 5) is 0. The summed E-state index contributed by atoms with van der Waals surface area (Å²) in [5.41, 5.74) is 4.25. The summed E-state index contributed by atoms with van der Waals surface area (Å²) < 4.78 is 1.85. The Morgan fingerprint density at radius 3 is 2.81 bits per heavy atom. The number of aromatic nitrogens is 3. The summed E-state index contributed by atoms with van der Waals surface area (Å²) >= 11 is 5.94. The maximum absolute atomic E-state index is 5.94. The molecule has 1 heterocycles. The first-order valence-corrected chi connectivity index (χ1v) is 9.40. The molecule has 0 saturated heterocycles. The lowest BCUT2D eigenvalue weighted by Crippen LogP contribution is -2.21. The van der Waals surface area contributed by atoms with Crippen molar-refractivity contribution in [2.45, 2.75) is 32.4 Å². The molecule has 1 radical (unpaired) electrons. The van der Waals surface area contributed by atoms with E-state index in [0.29, 0.717) is 18.5 Å². The lowest BCUT2D eigenvalue weighted by Gasteiger charge is -2.18. The van der Waals surface area contributed by atoms with E-state index < -0.39 is 0 Å². The molecule has 2 aromatic carbocycles. The number of nitrogens with zero attached hydrogens (tertiary/aromatic N) is 3. The fourth-order valence-electron chi connectivity index (χ4n) is 3.44. The Morgan fingerprint density at radius 1 is 1.19 bits per heavy atom. The maximum atomic E-state index is 5.94. The van der Waals surface area contributed by atoms with Gasteiger partial charge in [-0.15, -0.1) is 5.10 Å². The quantitative estimate of drug-likeness (QED) is 0.687. The van der Waals surface area contributed by atoms with Crippen LogP contribution in [0.5, 0.6) is 0 Å². The molecule has 1 aromatic heterocycles. The predicted molar refractivity (Wildman–Crippen MR) is 106 cm³/mol. The fraction of sp³-hybridized carbons (Fsp3) is 0.286. The minimum atomic E-state index is 0.519. The van der Waals surface area contributed by atoms with Gasteiger partial charge in [-0.1, -0.05) is 48.0 Å². The molecule has 4 rings (SSSR count). The molecule has 1 saturated carbocycles. The van der Waals surface area contributed by atoms with Gasteiger partial charge in [0.1, 0.15) is 5.69 Å². The molecule has 5 heteroatoms. The lowest BCUT2D eigenvalue weighted by atomic mass is 10.1. The molecule has 2 unspecified atom stereocenters. The van der Waals surface area contributed by atoms with Crippen molar-refractivity contribution in [1.29, 1.82) is 0 Å². The topological polar surface area (TPSA) is 42.7 Å². The zero-order valence-corrected chi connectivity index (χ0v) is 15.5. The molecular weight excluding hydrogens is 344 g/mol. The van der Waals surface area contributed by atoms with E-state index in [0.717, 1.165) is 27.5 Å². The second kappa shape index (κ2) is 7.50. The van der Waals surface area contributed by atoms with Crippen molar-refractivity contribution >= 4 is 17.3 Å². The third kappa shape index (κ3) is 3.91. The van der Waals surface area contributed by atoms with Gasteiger partial charge in [-0.3, -0.25) is 0 Å². The van der Waals surface area contributed by atoms with Gasteiger partial charge in [0.15, 0.2) is 0 Å². The van der Waals surface area contributed by atoms with Crippen LogP contribution in [0.25, 0.3) is 11.3 Å². The average Bonchev–Trinajstić information content (AvgIpc) is 3.27. The van der Waals surface area contributed by atoms with E-state index >= 15 is 0 Å². The second-order valence-corrected chi connectivity index (χ2v) is 7.37. The van der Waals surface area contributed by atoms with E-state index in [4.69, 9.17) is 11.6 Å². The number of halogens is 1. The van der Waals surface area contributed by atoms with Crippen LogP contribution < -0.4 is 5.32 Å². The van der Waals surface area contributed by atoms with E-state index in [9.17, 15) is 0 Å². The van der Waals surface area contributed by atoms with E-state index in [-0.39, 0.29) is 0 Å². The van der Waals surface area contributed by atoms with Crippen molar-refractivity contribution in [2.24, 2.45) is 5.92 Å². The molecule has 2 atom stereocenters. The lowest BCUT2D eigenvalue weighted by molar-refractivity contribution is 0.610. The normalized spacial score (nSPS) is 19.6. The molecule has 0 aliphatic heterocycles. The van der Waals surface area contributed by atoms with E-state index in [1.807, 2.05) is 35.1 Å². The molecule has 1 aliphatic carbocycles. The smallest absolute Gasteiger partial charge is 0.113 e. The number of benzene rings is 2. The van der Waals surface area contributed by atoms with Crippen molar-refractivity contribution in [3.05, 3.63) is 71.7 Å². The predicted octanol–water partition coefficient (Wildman–Crippen LogP) is 5.06. The highest BCUT2D eigenvalue weighted by molar-refractivity contribution is 6.30. The number of anilines is 1. The standard InChI is InChI=1S/C21H22ClN4/c1-15-4-2-7-20(15)23-19-6-3-5-17(12-19)21-14-26(25-24-21)13-16-8-10-18(22)11-9-16/h3-6,8-12,14-15,20,23H,2,7,13H2,1H3. The summed E-state index contributed by atoms with van der Waals surface area (Å²) in [6.07, 6.45) is 6.77. The van der Waals surface area contributed by atoms with E-state index in [1.54, 1.807) is 0 Å². The van der Waals surface area contributed by atoms with Crippen molar-refractivity contribution in [1.82, 2.24) is 15.0 Å². The van der Waals surface area contributed by atoms with Gasteiger partial charge in [0.2, 0.25) is 0 Å². The number of hydrogen-bond acceptors (Lipinski definition) is 3. The molecular formula is C21H22ClN4. The molecule has 0 amide bonds. The van der Waals surface area contributed by atoms with Gasteiger partial charge in [-0.05, 0) is 55.0 Å². The van der Waals surface area contributed by atoms with Crippen LogP contribution in [0, 0.1) is 12.3 Å². The summed E-state index contributed by atoms with van der Waals surface area (Å²) in [6, 6.07) is 16.7.